The Labute approximate surface area is 82.4 Å². The van der Waals surface area contributed by atoms with E-state index < -0.39 is 22.7 Å². The van der Waals surface area contributed by atoms with Gasteiger partial charge in [0.1, 0.15) is 0 Å². The molecule has 4 N–H and O–H groups in total. The van der Waals surface area contributed by atoms with Crippen LogP contribution < -0.4 is 11.5 Å². The Balaban J connectivity index is 2.56. The molecular formula is C7H10N2O2S2. The van der Waals surface area contributed by atoms with Gasteiger partial charge in [-0.15, -0.1) is 11.3 Å². The number of rotatable bonds is 4. The van der Waals surface area contributed by atoms with Gasteiger partial charge in [-0.2, -0.15) is 0 Å². The van der Waals surface area contributed by atoms with Crippen molar-refractivity contribution < 1.29 is 9.00 Å². The van der Waals surface area contributed by atoms with Crippen molar-refractivity contribution in [2.45, 2.75) is 10.3 Å². The van der Waals surface area contributed by atoms with Gasteiger partial charge in [0.25, 0.3) is 0 Å². The van der Waals surface area contributed by atoms with Crippen molar-refractivity contribution in [3.8, 4) is 0 Å². The van der Waals surface area contributed by atoms with Crippen molar-refractivity contribution in [1.29, 1.82) is 0 Å². The normalized spacial score (nSPS) is 15.2. The summed E-state index contributed by atoms with van der Waals surface area (Å²) in [5, 5.41) is 1.82. The third-order valence-electron chi connectivity index (χ3n) is 1.42. The Kier molecular flexibility index (Phi) is 3.58. The number of nitrogens with two attached hydrogens (primary N) is 2. The van der Waals surface area contributed by atoms with Gasteiger partial charge in [-0.3, -0.25) is 9.00 Å². The number of hydrogen-bond donors (Lipinski definition) is 2. The minimum Gasteiger partial charge on any atom is -0.368 e. The molecule has 0 bridgehead atoms. The molecule has 1 amide bonds. The molecule has 1 rings (SSSR count). The van der Waals surface area contributed by atoms with Crippen molar-refractivity contribution in [2.24, 2.45) is 11.5 Å². The van der Waals surface area contributed by atoms with E-state index in [1.165, 1.54) is 11.3 Å². The van der Waals surface area contributed by atoms with Crippen molar-refractivity contribution in [2.75, 3.05) is 5.75 Å². The average molecular weight is 218 g/mol. The fraction of sp³-hybridized carbons (Fsp3) is 0.286. The summed E-state index contributed by atoms with van der Waals surface area (Å²) in [6.07, 6.45) is 0. The van der Waals surface area contributed by atoms with Crippen LogP contribution in [0.5, 0.6) is 0 Å². The first-order chi connectivity index (χ1) is 6.11. The van der Waals surface area contributed by atoms with Crippen molar-refractivity contribution in [3.05, 3.63) is 17.5 Å². The second-order valence-electron chi connectivity index (χ2n) is 2.45. The molecule has 0 aliphatic carbocycles. The Bertz CT molecular complexity index is 310. The van der Waals surface area contributed by atoms with Gasteiger partial charge in [0.05, 0.1) is 26.8 Å². The van der Waals surface area contributed by atoms with Gasteiger partial charge in [-0.25, -0.2) is 0 Å². The van der Waals surface area contributed by atoms with Crippen LogP contribution in [0.2, 0.25) is 0 Å². The summed E-state index contributed by atoms with van der Waals surface area (Å²) in [5.41, 5.74) is 10.3. The zero-order valence-electron chi connectivity index (χ0n) is 6.80. The first-order valence-corrected chi connectivity index (χ1v) is 5.78. The van der Waals surface area contributed by atoms with Crippen LogP contribution in [-0.2, 0) is 15.6 Å². The maximum absolute atomic E-state index is 11.5. The van der Waals surface area contributed by atoms with Gasteiger partial charge >= 0.3 is 0 Å². The van der Waals surface area contributed by atoms with Crippen LogP contribution >= 0.6 is 11.3 Å². The van der Waals surface area contributed by atoms with E-state index in [-0.39, 0.29) is 5.75 Å². The van der Waals surface area contributed by atoms with Gasteiger partial charge < -0.3 is 11.5 Å². The molecule has 0 aliphatic rings. The third kappa shape index (κ3) is 2.91. The fourth-order valence-electron chi connectivity index (χ4n) is 0.720. The van der Waals surface area contributed by atoms with Gasteiger partial charge in [-0.1, -0.05) is 6.07 Å². The van der Waals surface area contributed by atoms with E-state index in [9.17, 15) is 9.00 Å². The molecule has 1 aromatic rings. The lowest BCUT2D eigenvalue weighted by atomic mass is 10.3. The molecular weight excluding hydrogens is 208 g/mol. The first-order valence-electron chi connectivity index (χ1n) is 3.58. The van der Waals surface area contributed by atoms with E-state index in [1.807, 2.05) is 5.38 Å². The summed E-state index contributed by atoms with van der Waals surface area (Å²) in [7, 11) is -1.21. The third-order valence-corrected chi connectivity index (χ3v) is 4.17. The lowest BCUT2D eigenvalue weighted by Crippen LogP contribution is -2.40. The molecule has 0 fully saturated rings. The topological polar surface area (TPSA) is 86.2 Å². The molecule has 2 atom stereocenters. The number of carbonyl (C=O) groups excluding carboxylic acids is 1. The standard InChI is InChI=1S/C7H10N2O2S2/c8-5(7(9)10)4-13(11)6-2-1-3-12-6/h1-3,5H,4,8H2,(H2,9,10). The smallest absolute Gasteiger partial charge is 0.235 e. The van der Waals surface area contributed by atoms with Crippen LogP contribution in [0.15, 0.2) is 21.7 Å². The van der Waals surface area contributed by atoms with Crippen LogP contribution in [0.25, 0.3) is 0 Å². The molecule has 0 radical (unpaired) electrons. The Morgan fingerprint density at radius 1 is 1.69 bits per heavy atom. The van der Waals surface area contributed by atoms with Crippen molar-refractivity contribution in [1.82, 2.24) is 0 Å². The monoisotopic (exact) mass is 218 g/mol. The molecule has 4 nitrogen and oxygen atoms in total. The number of thiophene rings is 1. The highest BCUT2D eigenvalue weighted by Crippen LogP contribution is 2.13. The minimum absolute atomic E-state index is 0.0931. The number of amides is 1. The molecule has 0 aromatic carbocycles. The Morgan fingerprint density at radius 2 is 2.38 bits per heavy atom. The summed E-state index contributed by atoms with van der Waals surface area (Å²) < 4.78 is 12.2. The largest absolute Gasteiger partial charge is 0.368 e. The van der Waals surface area contributed by atoms with E-state index in [0.717, 1.165) is 4.21 Å². The highest BCUT2D eigenvalue weighted by atomic mass is 32.2. The molecule has 0 aliphatic heterocycles. The lowest BCUT2D eigenvalue weighted by Gasteiger charge is -2.04. The number of hydrogen-bond acceptors (Lipinski definition) is 4. The summed E-state index contributed by atoms with van der Waals surface area (Å²) in [5.74, 6) is -0.527. The van der Waals surface area contributed by atoms with Crippen LogP contribution in [0, 0.1) is 0 Å². The molecule has 2 unspecified atom stereocenters. The quantitative estimate of drug-likeness (QED) is 0.725. The number of primary amides is 1. The molecule has 6 heteroatoms. The minimum atomic E-state index is -1.21. The van der Waals surface area contributed by atoms with Gasteiger partial charge in [-0.05, 0) is 11.4 Å². The van der Waals surface area contributed by atoms with Crippen LogP contribution in [0.4, 0.5) is 0 Å². The predicted octanol–water partition coefficient (Wildman–Crippen LogP) is -0.332. The molecule has 72 valence electrons. The summed E-state index contributed by atoms with van der Waals surface area (Å²) >= 11 is 1.38. The fourth-order valence-corrected chi connectivity index (χ4v) is 2.85. The van der Waals surface area contributed by atoms with E-state index in [1.54, 1.807) is 12.1 Å². The zero-order valence-corrected chi connectivity index (χ0v) is 8.44. The predicted molar refractivity (Wildman–Crippen MR) is 52.8 cm³/mol. The second-order valence-corrected chi connectivity index (χ2v) is 5.12. The molecule has 13 heavy (non-hydrogen) atoms. The van der Waals surface area contributed by atoms with Gasteiger partial charge in [0.15, 0.2) is 0 Å². The first kappa shape index (κ1) is 10.4. The van der Waals surface area contributed by atoms with E-state index >= 15 is 0 Å². The van der Waals surface area contributed by atoms with E-state index in [4.69, 9.17) is 11.5 Å². The molecule has 0 saturated heterocycles. The van der Waals surface area contributed by atoms with Crippen molar-refractivity contribution >= 4 is 28.0 Å². The highest BCUT2D eigenvalue weighted by molar-refractivity contribution is 7.87. The van der Waals surface area contributed by atoms with Gasteiger partial charge in [0.2, 0.25) is 5.91 Å². The Morgan fingerprint density at radius 3 is 2.85 bits per heavy atom. The maximum atomic E-state index is 11.5. The molecule has 1 aromatic heterocycles. The summed E-state index contributed by atoms with van der Waals surface area (Å²) in [6, 6.07) is 2.71. The maximum Gasteiger partial charge on any atom is 0.235 e. The Hall–Kier alpha value is -0.720. The summed E-state index contributed by atoms with van der Waals surface area (Å²) in [4.78, 5) is 10.6. The second kappa shape index (κ2) is 4.50. The zero-order chi connectivity index (χ0) is 9.84. The van der Waals surface area contributed by atoms with Crippen LogP contribution in [-0.4, -0.2) is 21.9 Å². The lowest BCUT2D eigenvalue weighted by molar-refractivity contribution is -0.118. The summed E-state index contributed by atoms with van der Waals surface area (Å²) in [6.45, 7) is 0. The highest BCUT2D eigenvalue weighted by Gasteiger charge is 2.14. The van der Waals surface area contributed by atoms with Crippen LogP contribution in [0.3, 0.4) is 0 Å². The van der Waals surface area contributed by atoms with E-state index in [0.29, 0.717) is 0 Å². The van der Waals surface area contributed by atoms with Crippen LogP contribution in [0.1, 0.15) is 0 Å². The van der Waals surface area contributed by atoms with Gasteiger partial charge in [0, 0.05) is 0 Å². The molecule has 0 spiro atoms. The van der Waals surface area contributed by atoms with E-state index in [2.05, 4.69) is 0 Å². The number of carbonyl (C=O) groups is 1. The molecule has 0 saturated carbocycles. The van der Waals surface area contributed by atoms with Crippen molar-refractivity contribution in [3.63, 3.8) is 0 Å². The average Bonchev–Trinajstić information content (AvgIpc) is 2.55. The molecule has 1 heterocycles. The SMILES string of the molecule is NC(=O)C(N)CS(=O)c1cccs1.